The molecule has 0 saturated heterocycles. The van der Waals surface area contributed by atoms with Crippen molar-refractivity contribution in [3.05, 3.63) is 28.4 Å². The first-order valence-corrected chi connectivity index (χ1v) is 5.52. The minimum atomic E-state index is -0.455. The third-order valence-corrected chi connectivity index (χ3v) is 2.53. The van der Waals surface area contributed by atoms with Crippen LogP contribution >= 0.6 is 0 Å². The highest BCUT2D eigenvalue weighted by Gasteiger charge is 2.14. The molecular weight excluding hydrogens is 222 g/mol. The Morgan fingerprint density at radius 2 is 2.29 bits per heavy atom. The molecule has 6 nitrogen and oxygen atoms in total. The monoisotopic (exact) mass is 239 g/mol. The molecular formula is C11H17N3O3. The van der Waals surface area contributed by atoms with Crippen LogP contribution in [0.5, 0.6) is 0 Å². The zero-order valence-corrected chi connectivity index (χ0v) is 9.96. The van der Waals surface area contributed by atoms with Gasteiger partial charge in [0.05, 0.1) is 11.0 Å². The number of nitrogens with zero attached hydrogens (tertiary/aromatic N) is 2. The van der Waals surface area contributed by atoms with Crippen molar-refractivity contribution < 1.29 is 10.0 Å². The van der Waals surface area contributed by atoms with Crippen molar-refractivity contribution in [2.75, 3.05) is 11.9 Å². The van der Waals surface area contributed by atoms with Gasteiger partial charge in [0, 0.05) is 24.9 Å². The van der Waals surface area contributed by atoms with Crippen molar-refractivity contribution in [3.63, 3.8) is 0 Å². The van der Waals surface area contributed by atoms with Gasteiger partial charge in [0.1, 0.15) is 5.82 Å². The van der Waals surface area contributed by atoms with Gasteiger partial charge in [0.2, 0.25) is 0 Å². The van der Waals surface area contributed by atoms with Gasteiger partial charge in [-0.3, -0.25) is 10.1 Å². The lowest BCUT2D eigenvalue weighted by atomic mass is 10.0. The normalized spacial score (nSPS) is 12.5. The third-order valence-electron chi connectivity index (χ3n) is 2.53. The second kappa shape index (κ2) is 6.15. The predicted molar refractivity (Wildman–Crippen MR) is 64.8 cm³/mol. The van der Waals surface area contributed by atoms with Crippen LogP contribution in [0.2, 0.25) is 0 Å². The molecule has 0 radical (unpaired) electrons. The SMILES string of the molecule is CC(C)C(CCO)Nc1cc([N+](=O)[O-])ccn1. The largest absolute Gasteiger partial charge is 0.396 e. The fourth-order valence-electron chi connectivity index (χ4n) is 1.51. The molecule has 0 aliphatic carbocycles. The summed E-state index contributed by atoms with van der Waals surface area (Å²) in [5.41, 5.74) is 0.00834. The maximum atomic E-state index is 10.6. The lowest BCUT2D eigenvalue weighted by molar-refractivity contribution is -0.384. The van der Waals surface area contributed by atoms with E-state index in [4.69, 9.17) is 5.11 Å². The summed E-state index contributed by atoms with van der Waals surface area (Å²) in [4.78, 5) is 14.2. The molecule has 0 aliphatic rings. The minimum absolute atomic E-state index is 0.00834. The predicted octanol–water partition coefficient (Wildman–Crippen LogP) is 1.81. The standard InChI is InChI=1S/C11H17N3O3/c1-8(2)10(4-6-15)13-11-7-9(14(16)17)3-5-12-11/h3,5,7-8,10,15H,4,6H2,1-2H3,(H,12,13). The van der Waals surface area contributed by atoms with Crippen LogP contribution < -0.4 is 5.32 Å². The van der Waals surface area contributed by atoms with Crippen LogP contribution in [0.4, 0.5) is 11.5 Å². The molecule has 0 bridgehead atoms. The van der Waals surface area contributed by atoms with Crippen LogP contribution in [0.25, 0.3) is 0 Å². The fourth-order valence-corrected chi connectivity index (χ4v) is 1.51. The Balaban J connectivity index is 2.78. The Morgan fingerprint density at radius 1 is 1.59 bits per heavy atom. The van der Waals surface area contributed by atoms with Crippen LogP contribution in [0, 0.1) is 16.0 Å². The number of nitrogens with one attached hydrogen (secondary N) is 1. The van der Waals surface area contributed by atoms with Crippen LogP contribution in [0.1, 0.15) is 20.3 Å². The number of aliphatic hydroxyl groups excluding tert-OH is 1. The Bertz CT molecular complexity index is 382. The summed E-state index contributed by atoms with van der Waals surface area (Å²) in [5.74, 6) is 0.773. The molecule has 94 valence electrons. The molecule has 17 heavy (non-hydrogen) atoms. The number of aliphatic hydroxyl groups is 1. The van der Waals surface area contributed by atoms with Crippen molar-refractivity contribution in [1.82, 2.24) is 4.98 Å². The summed E-state index contributed by atoms with van der Waals surface area (Å²) in [6.07, 6.45) is 1.98. The van der Waals surface area contributed by atoms with Gasteiger partial charge < -0.3 is 10.4 Å². The Kier molecular flexibility index (Phi) is 4.84. The number of pyridine rings is 1. The van der Waals surface area contributed by atoms with E-state index < -0.39 is 4.92 Å². The first-order valence-electron chi connectivity index (χ1n) is 5.52. The summed E-state index contributed by atoms with van der Waals surface area (Å²) < 4.78 is 0. The molecule has 1 heterocycles. The molecule has 0 fully saturated rings. The highest BCUT2D eigenvalue weighted by Crippen LogP contribution is 2.17. The van der Waals surface area contributed by atoms with E-state index in [-0.39, 0.29) is 18.3 Å². The van der Waals surface area contributed by atoms with Crippen molar-refractivity contribution in [3.8, 4) is 0 Å². The molecule has 1 aromatic rings. The molecule has 1 rings (SSSR count). The highest BCUT2D eigenvalue weighted by atomic mass is 16.6. The number of hydrogen-bond donors (Lipinski definition) is 2. The second-order valence-electron chi connectivity index (χ2n) is 4.16. The molecule has 0 aliphatic heterocycles. The maximum absolute atomic E-state index is 10.6. The van der Waals surface area contributed by atoms with Crippen molar-refractivity contribution in [1.29, 1.82) is 0 Å². The third kappa shape index (κ3) is 3.99. The summed E-state index contributed by atoms with van der Waals surface area (Å²) in [6.45, 7) is 4.11. The summed E-state index contributed by atoms with van der Waals surface area (Å²) >= 11 is 0. The molecule has 1 aromatic heterocycles. The van der Waals surface area contributed by atoms with E-state index in [1.54, 1.807) is 0 Å². The highest BCUT2D eigenvalue weighted by molar-refractivity contribution is 5.44. The first kappa shape index (κ1) is 13.4. The van der Waals surface area contributed by atoms with Crippen LogP contribution in [-0.2, 0) is 0 Å². The van der Waals surface area contributed by atoms with Gasteiger partial charge >= 0.3 is 0 Å². The number of hydrogen-bond acceptors (Lipinski definition) is 5. The molecule has 2 N–H and O–H groups in total. The van der Waals surface area contributed by atoms with Crippen LogP contribution in [0.3, 0.4) is 0 Å². The van der Waals surface area contributed by atoms with E-state index in [1.165, 1.54) is 18.3 Å². The Labute approximate surface area is 99.8 Å². The lowest BCUT2D eigenvalue weighted by Crippen LogP contribution is -2.27. The van der Waals surface area contributed by atoms with Gasteiger partial charge in [-0.15, -0.1) is 0 Å². The van der Waals surface area contributed by atoms with Crippen molar-refractivity contribution >= 4 is 11.5 Å². The van der Waals surface area contributed by atoms with E-state index in [1.807, 2.05) is 13.8 Å². The topological polar surface area (TPSA) is 88.3 Å². The minimum Gasteiger partial charge on any atom is -0.396 e. The molecule has 1 unspecified atom stereocenters. The maximum Gasteiger partial charge on any atom is 0.274 e. The lowest BCUT2D eigenvalue weighted by Gasteiger charge is -2.21. The Hall–Kier alpha value is -1.69. The van der Waals surface area contributed by atoms with Crippen molar-refractivity contribution in [2.24, 2.45) is 5.92 Å². The average Bonchev–Trinajstić information content (AvgIpc) is 2.28. The van der Waals surface area contributed by atoms with Gasteiger partial charge in [0.15, 0.2) is 0 Å². The van der Waals surface area contributed by atoms with Crippen LogP contribution in [0.15, 0.2) is 18.3 Å². The van der Waals surface area contributed by atoms with E-state index >= 15 is 0 Å². The summed E-state index contributed by atoms with van der Waals surface area (Å²) in [6, 6.07) is 2.79. The van der Waals surface area contributed by atoms with Crippen LogP contribution in [-0.4, -0.2) is 27.7 Å². The van der Waals surface area contributed by atoms with Gasteiger partial charge in [0.25, 0.3) is 5.69 Å². The molecule has 0 amide bonds. The van der Waals surface area contributed by atoms with Gasteiger partial charge in [-0.05, 0) is 12.3 Å². The molecule has 6 heteroatoms. The summed E-state index contributed by atoms with van der Waals surface area (Å²) in [7, 11) is 0. The molecule has 0 saturated carbocycles. The molecule has 0 aromatic carbocycles. The summed E-state index contributed by atoms with van der Waals surface area (Å²) in [5, 5.41) is 22.6. The second-order valence-corrected chi connectivity index (χ2v) is 4.16. The molecule has 1 atom stereocenters. The zero-order valence-electron chi connectivity index (χ0n) is 9.96. The number of aromatic nitrogens is 1. The average molecular weight is 239 g/mol. The fraction of sp³-hybridized carbons (Fsp3) is 0.545. The van der Waals surface area contributed by atoms with E-state index in [2.05, 4.69) is 10.3 Å². The van der Waals surface area contributed by atoms with Gasteiger partial charge in [-0.25, -0.2) is 4.98 Å². The first-order chi connectivity index (χ1) is 8.04. The van der Waals surface area contributed by atoms with Gasteiger partial charge in [-0.1, -0.05) is 13.8 Å². The smallest absolute Gasteiger partial charge is 0.274 e. The number of rotatable bonds is 6. The van der Waals surface area contributed by atoms with Gasteiger partial charge in [-0.2, -0.15) is 0 Å². The zero-order chi connectivity index (χ0) is 12.8. The number of anilines is 1. The number of nitro groups is 1. The van der Waals surface area contributed by atoms with E-state index in [0.29, 0.717) is 18.2 Å². The quantitative estimate of drug-likeness (QED) is 0.583. The molecule has 0 spiro atoms. The van der Waals surface area contributed by atoms with E-state index in [0.717, 1.165) is 0 Å². The van der Waals surface area contributed by atoms with Crippen molar-refractivity contribution in [2.45, 2.75) is 26.3 Å². The Morgan fingerprint density at radius 3 is 2.82 bits per heavy atom. The van der Waals surface area contributed by atoms with E-state index in [9.17, 15) is 10.1 Å².